The van der Waals surface area contributed by atoms with Crippen LogP contribution in [0, 0.1) is 11.3 Å². The van der Waals surface area contributed by atoms with Crippen molar-refractivity contribution in [3.05, 3.63) is 11.6 Å². The predicted molar refractivity (Wildman–Crippen MR) is 103 cm³/mol. The summed E-state index contributed by atoms with van der Waals surface area (Å²) in [4.78, 5) is 11.0. The summed E-state index contributed by atoms with van der Waals surface area (Å²) >= 11 is 0. The van der Waals surface area contributed by atoms with Crippen molar-refractivity contribution >= 4 is 17.9 Å². The van der Waals surface area contributed by atoms with E-state index in [9.17, 15) is 0 Å². The Balaban J connectivity index is 1.51. The number of likely N-dealkylation sites (tertiary alicyclic amines) is 1. The molecule has 0 saturated carbocycles. The van der Waals surface area contributed by atoms with Crippen molar-refractivity contribution in [2.45, 2.75) is 70.2 Å². The molecule has 1 fully saturated rings. The van der Waals surface area contributed by atoms with Gasteiger partial charge in [-0.15, -0.1) is 0 Å². The fourth-order valence-corrected chi connectivity index (χ4v) is 4.29. The van der Waals surface area contributed by atoms with Gasteiger partial charge in [-0.25, -0.2) is 4.99 Å². The second kappa shape index (κ2) is 7.79. The Bertz CT molecular complexity index is 597. The highest BCUT2D eigenvalue weighted by Crippen LogP contribution is 2.30. The average molecular weight is 345 g/mol. The summed E-state index contributed by atoms with van der Waals surface area (Å²) in [6.45, 7) is 5.10. The van der Waals surface area contributed by atoms with Crippen LogP contribution in [0.2, 0.25) is 0 Å². The lowest BCUT2D eigenvalue weighted by atomic mass is 9.81. The molecule has 0 aromatic heterocycles. The molecule has 3 aliphatic rings. The third kappa shape index (κ3) is 3.85. The van der Waals surface area contributed by atoms with Gasteiger partial charge in [0.2, 0.25) is 0 Å². The van der Waals surface area contributed by atoms with Gasteiger partial charge < -0.3 is 20.8 Å². The van der Waals surface area contributed by atoms with Crippen molar-refractivity contribution in [2.75, 3.05) is 13.7 Å². The minimum absolute atomic E-state index is 0.0399. The summed E-state index contributed by atoms with van der Waals surface area (Å²) in [5, 5.41) is 8.31. The summed E-state index contributed by atoms with van der Waals surface area (Å²) < 4.78 is 6.10. The van der Waals surface area contributed by atoms with Crippen LogP contribution in [0.15, 0.2) is 21.6 Å². The second-order valence-corrected chi connectivity index (χ2v) is 7.67. The molecule has 5 atom stereocenters. The first kappa shape index (κ1) is 18.3. The molecular formula is C19H31N5O. The highest BCUT2D eigenvalue weighted by Gasteiger charge is 2.37. The molecule has 0 aromatic rings. The van der Waals surface area contributed by atoms with Crippen LogP contribution in [-0.4, -0.2) is 60.7 Å². The van der Waals surface area contributed by atoms with Crippen molar-refractivity contribution in [3.63, 3.8) is 0 Å². The first-order valence-electron chi connectivity index (χ1n) is 9.48. The predicted octanol–water partition coefficient (Wildman–Crippen LogP) is 2.39. The molecule has 25 heavy (non-hydrogen) atoms. The summed E-state index contributed by atoms with van der Waals surface area (Å²) in [5.74, 6) is 0.583. The minimum Gasteiger partial charge on any atom is -0.383 e. The number of nitrogens with two attached hydrogens (primary N) is 1. The number of nitrogens with zero attached hydrogens (tertiary/aromatic N) is 3. The van der Waals surface area contributed by atoms with E-state index in [0.29, 0.717) is 30.2 Å². The van der Waals surface area contributed by atoms with Gasteiger partial charge in [-0.05, 0) is 45.7 Å². The smallest absolute Gasteiger partial charge is 0.130 e. The Morgan fingerprint density at radius 1 is 1.36 bits per heavy atom. The fraction of sp³-hybridized carbons (Fsp3) is 0.737. The van der Waals surface area contributed by atoms with Crippen LogP contribution in [0.5, 0.6) is 0 Å². The Hall–Kier alpha value is -1.53. The number of piperidine rings is 1. The number of rotatable bonds is 5. The number of fused-ring (bicyclic) bond motifs is 1. The molecule has 6 nitrogen and oxygen atoms in total. The van der Waals surface area contributed by atoms with Crippen molar-refractivity contribution in [1.82, 2.24) is 4.90 Å². The molecule has 0 amide bonds. The van der Waals surface area contributed by atoms with E-state index in [1.165, 1.54) is 25.6 Å². The first-order chi connectivity index (χ1) is 12.0. The van der Waals surface area contributed by atoms with Gasteiger partial charge in [0.15, 0.2) is 0 Å². The maximum absolute atomic E-state index is 8.31. The number of aliphatic imine (C=N–C) groups is 2. The average Bonchev–Trinajstić information content (AvgIpc) is 2.58. The van der Waals surface area contributed by atoms with Crippen molar-refractivity contribution in [3.8, 4) is 0 Å². The van der Waals surface area contributed by atoms with E-state index in [4.69, 9.17) is 15.9 Å². The van der Waals surface area contributed by atoms with Gasteiger partial charge in [0.05, 0.1) is 11.8 Å². The highest BCUT2D eigenvalue weighted by atomic mass is 16.5. The van der Waals surface area contributed by atoms with Crippen LogP contribution >= 0.6 is 0 Å². The topological polar surface area (TPSA) is 87.1 Å². The van der Waals surface area contributed by atoms with Gasteiger partial charge in [0.25, 0.3) is 0 Å². The molecule has 1 saturated heterocycles. The van der Waals surface area contributed by atoms with Gasteiger partial charge in [0, 0.05) is 30.2 Å². The van der Waals surface area contributed by atoms with E-state index in [1.807, 2.05) is 0 Å². The minimum atomic E-state index is -0.209. The van der Waals surface area contributed by atoms with Crippen LogP contribution in [0.1, 0.15) is 46.0 Å². The molecule has 0 spiro atoms. The zero-order chi connectivity index (χ0) is 18.0. The number of hydrogen-bond donors (Lipinski definition) is 2. The normalized spacial score (nSPS) is 36.0. The Morgan fingerprint density at radius 2 is 2.16 bits per heavy atom. The van der Waals surface area contributed by atoms with Gasteiger partial charge in [0.1, 0.15) is 18.3 Å². The Morgan fingerprint density at radius 3 is 2.96 bits per heavy atom. The van der Waals surface area contributed by atoms with Crippen LogP contribution in [-0.2, 0) is 4.74 Å². The molecule has 2 heterocycles. The number of hydrogen-bond acceptors (Lipinski definition) is 6. The maximum Gasteiger partial charge on any atom is 0.130 e. The molecule has 0 bridgehead atoms. The lowest BCUT2D eigenvalue weighted by molar-refractivity contribution is 0.0460. The third-order valence-corrected chi connectivity index (χ3v) is 6.04. The fourth-order valence-electron chi connectivity index (χ4n) is 4.29. The van der Waals surface area contributed by atoms with E-state index in [-0.39, 0.29) is 18.1 Å². The van der Waals surface area contributed by atoms with Crippen LogP contribution in [0.3, 0.4) is 0 Å². The van der Waals surface area contributed by atoms with E-state index >= 15 is 0 Å². The maximum atomic E-state index is 8.31. The zero-order valence-electron chi connectivity index (χ0n) is 15.6. The Labute approximate surface area is 150 Å². The van der Waals surface area contributed by atoms with Gasteiger partial charge >= 0.3 is 0 Å². The molecule has 6 heteroatoms. The molecular weight excluding hydrogens is 314 g/mol. The summed E-state index contributed by atoms with van der Waals surface area (Å²) in [6.07, 6.45) is 9.24. The number of nitrogens with one attached hydrogen (secondary N) is 1. The van der Waals surface area contributed by atoms with Crippen LogP contribution in [0.4, 0.5) is 0 Å². The largest absolute Gasteiger partial charge is 0.383 e. The highest BCUT2D eigenvalue weighted by molar-refractivity contribution is 6.11. The van der Waals surface area contributed by atoms with E-state index in [2.05, 4.69) is 35.8 Å². The van der Waals surface area contributed by atoms with E-state index in [1.54, 1.807) is 6.08 Å². The SMILES string of the molecule is CC1C2N=CN=C(N)C2=CC(=N)C1OCCCC1CCCC(C)N1C. The molecule has 5 unspecified atom stereocenters. The summed E-state index contributed by atoms with van der Waals surface area (Å²) in [7, 11) is 2.24. The van der Waals surface area contributed by atoms with Crippen molar-refractivity contribution < 1.29 is 4.74 Å². The summed E-state index contributed by atoms with van der Waals surface area (Å²) in [5.41, 5.74) is 7.28. The van der Waals surface area contributed by atoms with E-state index in [0.717, 1.165) is 18.4 Å². The quantitative estimate of drug-likeness (QED) is 0.750. The lowest BCUT2D eigenvalue weighted by Crippen LogP contribution is -2.45. The van der Waals surface area contributed by atoms with Crippen molar-refractivity contribution in [2.24, 2.45) is 21.6 Å². The molecule has 0 radical (unpaired) electrons. The van der Waals surface area contributed by atoms with Gasteiger partial charge in [-0.3, -0.25) is 4.99 Å². The molecule has 3 rings (SSSR count). The van der Waals surface area contributed by atoms with Gasteiger partial charge in [-0.2, -0.15) is 0 Å². The lowest BCUT2D eigenvalue weighted by Gasteiger charge is -2.38. The molecule has 138 valence electrons. The molecule has 2 aliphatic heterocycles. The third-order valence-electron chi connectivity index (χ3n) is 6.04. The monoisotopic (exact) mass is 345 g/mol. The van der Waals surface area contributed by atoms with Crippen molar-refractivity contribution in [1.29, 1.82) is 5.41 Å². The van der Waals surface area contributed by atoms with Gasteiger partial charge in [-0.1, -0.05) is 13.3 Å². The first-order valence-corrected chi connectivity index (χ1v) is 9.48. The van der Waals surface area contributed by atoms with Crippen LogP contribution < -0.4 is 5.73 Å². The van der Waals surface area contributed by atoms with Crippen LogP contribution in [0.25, 0.3) is 0 Å². The summed E-state index contributed by atoms with van der Waals surface area (Å²) in [6, 6.07) is 1.31. The molecule has 0 aromatic carbocycles. The second-order valence-electron chi connectivity index (χ2n) is 7.67. The number of amidine groups is 1. The number of ether oxygens (including phenoxy) is 1. The zero-order valence-corrected chi connectivity index (χ0v) is 15.6. The molecule has 3 N–H and O–H groups in total. The molecule has 1 aliphatic carbocycles. The standard InChI is InChI=1S/C19H31N5O/c1-12-6-4-7-14(24(12)3)8-5-9-25-18-13(2)17-15(10-16(18)20)19(21)23-11-22-17/h10-14,17-18,20H,4-9H2,1-3H3,(H2,21,22,23). The Kier molecular flexibility index (Phi) is 5.69. The van der Waals surface area contributed by atoms with E-state index < -0.39 is 0 Å².